The average Bonchev–Trinajstić information content (AvgIpc) is 2.53. The Morgan fingerprint density at radius 2 is 2.09 bits per heavy atom. The van der Waals surface area contributed by atoms with Crippen LogP contribution in [0.5, 0.6) is 11.5 Å². The minimum absolute atomic E-state index is 0.0231. The van der Waals surface area contributed by atoms with Crippen molar-refractivity contribution in [1.82, 2.24) is 4.90 Å². The van der Waals surface area contributed by atoms with E-state index in [1.165, 1.54) is 0 Å². The Kier molecular flexibility index (Phi) is 4.49. The van der Waals surface area contributed by atoms with Gasteiger partial charge >= 0.3 is 5.97 Å². The van der Waals surface area contributed by atoms with Gasteiger partial charge in [-0.15, -0.1) is 0 Å². The van der Waals surface area contributed by atoms with Gasteiger partial charge in [-0.3, -0.25) is 4.79 Å². The Morgan fingerprint density at radius 3 is 2.86 bits per heavy atom. The van der Waals surface area contributed by atoms with E-state index in [1.807, 2.05) is 24.3 Å². The summed E-state index contributed by atoms with van der Waals surface area (Å²) < 4.78 is 11.6. The molecule has 120 valence electrons. The zero-order valence-corrected chi connectivity index (χ0v) is 12.4. The predicted molar refractivity (Wildman–Crippen MR) is 79.2 cm³/mol. The van der Waals surface area contributed by atoms with Gasteiger partial charge in [0.05, 0.1) is 12.0 Å². The summed E-state index contributed by atoms with van der Waals surface area (Å²) in [4.78, 5) is 13.2. The fourth-order valence-electron chi connectivity index (χ4n) is 2.98. The summed E-state index contributed by atoms with van der Waals surface area (Å²) in [6.07, 6.45) is 0.512. The third-order valence-electron chi connectivity index (χ3n) is 4.31. The molecule has 2 aliphatic heterocycles. The van der Waals surface area contributed by atoms with Crippen LogP contribution in [0.4, 0.5) is 0 Å². The molecule has 0 saturated carbocycles. The van der Waals surface area contributed by atoms with E-state index >= 15 is 0 Å². The van der Waals surface area contributed by atoms with Gasteiger partial charge in [0.25, 0.3) is 0 Å². The number of fused-ring (bicyclic) bond motifs is 1. The van der Waals surface area contributed by atoms with Crippen molar-refractivity contribution in [2.24, 2.45) is 5.92 Å². The van der Waals surface area contributed by atoms with E-state index in [0.29, 0.717) is 19.6 Å². The Bertz CT molecular complexity index is 535. The first-order valence-corrected chi connectivity index (χ1v) is 7.65. The quantitative estimate of drug-likeness (QED) is 0.863. The van der Waals surface area contributed by atoms with Crippen molar-refractivity contribution in [2.45, 2.75) is 25.0 Å². The molecule has 6 nitrogen and oxygen atoms in total. The molecule has 6 heteroatoms. The smallest absolute Gasteiger partial charge is 0.310 e. The van der Waals surface area contributed by atoms with Crippen LogP contribution in [0.3, 0.4) is 0 Å². The number of ether oxygens (including phenoxy) is 2. The molecule has 22 heavy (non-hydrogen) atoms. The maximum Gasteiger partial charge on any atom is 0.310 e. The first-order chi connectivity index (χ1) is 10.6. The number of para-hydroxylation sites is 2. The van der Waals surface area contributed by atoms with E-state index in [9.17, 15) is 9.90 Å². The number of carboxylic acid groups (broad SMARTS) is 1. The van der Waals surface area contributed by atoms with E-state index in [4.69, 9.17) is 14.6 Å². The summed E-state index contributed by atoms with van der Waals surface area (Å²) in [6.45, 7) is 2.36. The zero-order chi connectivity index (χ0) is 15.5. The standard InChI is InChI=1S/C16H21NO5/c18-13-6-8-17(9-12(13)16(19)20)7-5-11-10-21-14-3-1-2-4-15(14)22-11/h1-4,11-13,18H,5-10H2,(H,19,20)/t11?,12-,13-/m1/s1. The Labute approximate surface area is 129 Å². The Morgan fingerprint density at radius 1 is 1.32 bits per heavy atom. The third-order valence-corrected chi connectivity index (χ3v) is 4.31. The Balaban J connectivity index is 1.50. The molecule has 0 bridgehead atoms. The van der Waals surface area contributed by atoms with Crippen molar-refractivity contribution in [2.75, 3.05) is 26.2 Å². The van der Waals surface area contributed by atoms with E-state index in [-0.39, 0.29) is 6.10 Å². The molecule has 0 radical (unpaired) electrons. The number of aliphatic carboxylic acids is 1. The lowest BCUT2D eigenvalue weighted by Gasteiger charge is -2.35. The fourth-order valence-corrected chi connectivity index (χ4v) is 2.98. The third kappa shape index (κ3) is 3.34. The molecule has 0 amide bonds. The molecule has 2 heterocycles. The number of hydrogen-bond acceptors (Lipinski definition) is 5. The number of benzene rings is 1. The van der Waals surface area contributed by atoms with Gasteiger partial charge in [-0.1, -0.05) is 12.1 Å². The lowest BCUT2D eigenvalue weighted by Crippen LogP contribution is -2.47. The first kappa shape index (κ1) is 15.1. The number of aliphatic hydroxyl groups is 1. The number of hydrogen-bond donors (Lipinski definition) is 2. The van der Waals surface area contributed by atoms with Crippen LogP contribution in [0.2, 0.25) is 0 Å². The fraction of sp³-hybridized carbons (Fsp3) is 0.562. The maximum atomic E-state index is 11.1. The second kappa shape index (κ2) is 6.54. The van der Waals surface area contributed by atoms with Crippen LogP contribution >= 0.6 is 0 Å². The zero-order valence-electron chi connectivity index (χ0n) is 12.4. The van der Waals surface area contributed by atoms with Gasteiger partial charge in [0.2, 0.25) is 0 Å². The van der Waals surface area contributed by atoms with Crippen LogP contribution in [0.25, 0.3) is 0 Å². The van der Waals surface area contributed by atoms with Crippen molar-refractivity contribution >= 4 is 5.97 Å². The molecule has 3 rings (SSSR count). The van der Waals surface area contributed by atoms with Gasteiger partial charge in [0.1, 0.15) is 12.7 Å². The highest BCUT2D eigenvalue weighted by Crippen LogP contribution is 2.31. The van der Waals surface area contributed by atoms with Crippen molar-refractivity contribution in [1.29, 1.82) is 0 Å². The average molecular weight is 307 g/mol. The summed E-state index contributed by atoms with van der Waals surface area (Å²) in [5, 5.41) is 18.9. The van der Waals surface area contributed by atoms with E-state index in [1.54, 1.807) is 0 Å². The molecule has 0 aromatic heterocycles. The van der Waals surface area contributed by atoms with E-state index < -0.39 is 18.0 Å². The van der Waals surface area contributed by atoms with Crippen LogP contribution in [0.15, 0.2) is 24.3 Å². The topological polar surface area (TPSA) is 79.2 Å². The summed E-state index contributed by atoms with van der Waals surface area (Å²) in [5.74, 6) is -0.0941. The van der Waals surface area contributed by atoms with Crippen LogP contribution in [-0.2, 0) is 4.79 Å². The van der Waals surface area contributed by atoms with Gasteiger partial charge in [0.15, 0.2) is 11.5 Å². The largest absolute Gasteiger partial charge is 0.486 e. The second-order valence-corrected chi connectivity index (χ2v) is 5.89. The highest BCUT2D eigenvalue weighted by Gasteiger charge is 2.33. The number of likely N-dealkylation sites (tertiary alicyclic amines) is 1. The van der Waals surface area contributed by atoms with E-state index in [2.05, 4.69) is 4.90 Å². The SMILES string of the molecule is O=C(O)[C@@H]1CN(CCC2COc3ccccc3O2)CC[C@H]1O. The number of rotatable bonds is 4. The van der Waals surface area contributed by atoms with Gasteiger partial charge in [-0.05, 0) is 18.6 Å². The van der Waals surface area contributed by atoms with Crippen LogP contribution in [0, 0.1) is 5.92 Å². The maximum absolute atomic E-state index is 11.1. The molecule has 1 aromatic rings. The molecule has 1 fully saturated rings. The number of aliphatic hydroxyl groups excluding tert-OH is 1. The van der Waals surface area contributed by atoms with Gasteiger partial charge in [-0.25, -0.2) is 0 Å². The summed E-state index contributed by atoms with van der Waals surface area (Å²) in [5.41, 5.74) is 0. The Hall–Kier alpha value is -1.79. The van der Waals surface area contributed by atoms with Gasteiger partial charge in [-0.2, -0.15) is 0 Å². The van der Waals surface area contributed by atoms with Crippen molar-refractivity contribution in [3.05, 3.63) is 24.3 Å². The highest BCUT2D eigenvalue weighted by molar-refractivity contribution is 5.71. The molecule has 0 aliphatic carbocycles. The molecule has 1 unspecified atom stereocenters. The lowest BCUT2D eigenvalue weighted by molar-refractivity contribution is -0.148. The minimum atomic E-state index is -0.927. The second-order valence-electron chi connectivity index (χ2n) is 5.89. The summed E-state index contributed by atoms with van der Waals surface area (Å²) in [7, 11) is 0. The van der Waals surface area contributed by atoms with Crippen molar-refractivity contribution < 1.29 is 24.5 Å². The van der Waals surface area contributed by atoms with Crippen LogP contribution < -0.4 is 9.47 Å². The van der Waals surface area contributed by atoms with Crippen LogP contribution in [0.1, 0.15) is 12.8 Å². The van der Waals surface area contributed by atoms with Crippen molar-refractivity contribution in [3.63, 3.8) is 0 Å². The molecular formula is C16H21NO5. The molecule has 3 atom stereocenters. The molecule has 2 N–H and O–H groups in total. The minimum Gasteiger partial charge on any atom is -0.486 e. The van der Waals surface area contributed by atoms with Gasteiger partial charge < -0.3 is 24.6 Å². The lowest BCUT2D eigenvalue weighted by atomic mass is 9.94. The van der Waals surface area contributed by atoms with E-state index in [0.717, 1.165) is 31.0 Å². The summed E-state index contributed by atoms with van der Waals surface area (Å²) in [6, 6.07) is 7.59. The predicted octanol–water partition coefficient (Wildman–Crippen LogP) is 0.984. The van der Waals surface area contributed by atoms with Crippen molar-refractivity contribution in [3.8, 4) is 11.5 Å². The number of carbonyl (C=O) groups is 1. The molecule has 1 saturated heterocycles. The molecule has 1 aromatic carbocycles. The van der Waals surface area contributed by atoms with Gasteiger partial charge in [0, 0.05) is 26.1 Å². The molecule has 2 aliphatic rings. The molecular weight excluding hydrogens is 286 g/mol. The monoisotopic (exact) mass is 307 g/mol. The number of nitrogens with zero attached hydrogens (tertiary/aromatic N) is 1. The summed E-state index contributed by atoms with van der Waals surface area (Å²) >= 11 is 0. The first-order valence-electron chi connectivity index (χ1n) is 7.65. The normalized spacial score (nSPS) is 28.3. The highest BCUT2D eigenvalue weighted by atomic mass is 16.6. The molecule has 0 spiro atoms. The number of piperidine rings is 1. The number of carboxylic acids is 1. The van der Waals surface area contributed by atoms with Crippen LogP contribution in [-0.4, -0.2) is 59.5 Å².